The van der Waals surface area contributed by atoms with Gasteiger partial charge in [-0.15, -0.1) is 0 Å². The molecule has 2 amide bonds. The Morgan fingerprint density at radius 3 is 2.38 bits per heavy atom. The lowest BCUT2D eigenvalue weighted by atomic mass is 9.95. The Kier molecular flexibility index (Phi) is 4.99. The van der Waals surface area contributed by atoms with E-state index in [-0.39, 0.29) is 17.7 Å². The molecule has 21 heavy (non-hydrogen) atoms. The fourth-order valence-corrected chi connectivity index (χ4v) is 2.82. The van der Waals surface area contributed by atoms with Crippen molar-refractivity contribution in [1.82, 2.24) is 9.80 Å². The largest absolute Gasteiger partial charge is 0.349 e. The topological polar surface area (TPSA) is 40.6 Å². The Bertz CT molecular complexity index is 517. The molecule has 114 valence electrons. The Morgan fingerprint density at radius 2 is 1.81 bits per heavy atom. The maximum atomic E-state index is 12.4. The van der Waals surface area contributed by atoms with Crippen molar-refractivity contribution in [2.75, 3.05) is 27.2 Å². The van der Waals surface area contributed by atoms with Gasteiger partial charge in [-0.1, -0.05) is 24.3 Å². The van der Waals surface area contributed by atoms with Crippen LogP contribution in [0.15, 0.2) is 24.3 Å². The average molecular weight is 288 g/mol. The van der Waals surface area contributed by atoms with Crippen molar-refractivity contribution in [3.05, 3.63) is 35.4 Å². The van der Waals surface area contributed by atoms with E-state index in [2.05, 4.69) is 0 Å². The summed E-state index contributed by atoms with van der Waals surface area (Å²) in [5, 5.41) is 0. The van der Waals surface area contributed by atoms with E-state index in [1.165, 1.54) is 0 Å². The Balaban J connectivity index is 1.89. The van der Waals surface area contributed by atoms with Gasteiger partial charge in [0.1, 0.15) is 0 Å². The van der Waals surface area contributed by atoms with Crippen molar-refractivity contribution in [3.63, 3.8) is 0 Å². The third kappa shape index (κ3) is 3.84. The smallest absolute Gasteiger partial charge is 0.226 e. The normalized spacial score (nSPS) is 15.9. The van der Waals surface area contributed by atoms with E-state index in [0.29, 0.717) is 19.5 Å². The van der Waals surface area contributed by atoms with Gasteiger partial charge in [-0.2, -0.15) is 0 Å². The maximum Gasteiger partial charge on any atom is 0.226 e. The monoisotopic (exact) mass is 288 g/mol. The molecule has 0 saturated carbocycles. The molecule has 0 radical (unpaired) electrons. The fraction of sp³-hybridized carbons (Fsp3) is 0.529. The SMILES string of the molecule is Cc1ccccc1CC(=O)N1CCC(C(=O)N(C)C)CC1. The van der Waals surface area contributed by atoms with Gasteiger partial charge >= 0.3 is 0 Å². The van der Waals surface area contributed by atoms with Crippen LogP contribution < -0.4 is 0 Å². The Morgan fingerprint density at radius 1 is 1.19 bits per heavy atom. The summed E-state index contributed by atoms with van der Waals surface area (Å²) in [5.41, 5.74) is 2.25. The van der Waals surface area contributed by atoms with Gasteiger partial charge < -0.3 is 9.80 Å². The molecular weight excluding hydrogens is 264 g/mol. The number of benzene rings is 1. The molecule has 0 bridgehead atoms. The fourth-order valence-electron chi connectivity index (χ4n) is 2.82. The first kappa shape index (κ1) is 15.5. The number of nitrogens with zero attached hydrogens (tertiary/aromatic N) is 2. The number of piperidine rings is 1. The predicted octanol–water partition coefficient (Wildman–Crippen LogP) is 1.86. The number of likely N-dealkylation sites (tertiary alicyclic amines) is 1. The molecule has 0 unspecified atom stereocenters. The van der Waals surface area contributed by atoms with Crippen LogP contribution >= 0.6 is 0 Å². The second kappa shape index (κ2) is 6.74. The predicted molar refractivity (Wildman–Crippen MR) is 82.9 cm³/mol. The minimum Gasteiger partial charge on any atom is -0.349 e. The van der Waals surface area contributed by atoms with Crippen molar-refractivity contribution >= 4 is 11.8 Å². The first-order chi connectivity index (χ1) is 9.99. The quantitative estimate of drug-likeness (QED) is 0.852. The molecule has 1 aromatic carbocycles. The van der Waals surface area contributed by atoms with Crippen molar-refractivity contribution in [2.24, 2.45) is 5.92 Å². The number of aryl methyl sites for hydroxylation is 1. The molecule has 0 aromatic heterocycles. The highest BCUT2D eigenvalue weighted by Gasteiger charge is 2.28. The van der Waals surface area contributed by atoms with Crippen molar-refractivity contribution < 1.29 is 9.59 Å². The lowest BCUT2D eigenvalue weighted by molar-refractivity contribution is -0.138. The molecule has 0 atom stereocenters. The maximum absolute atomic E-state index is 12.4. The molecule has 4 heteroatoms. The van der Waals surface area contributed by atoms with Gasteiger partial charge in [0.15, 0.2) is 0 Å². The molecule has 1 saturated heterocycles. The summed E-state index contributed by atoms with van der Waals surface area (Å²) in [4.78, 5) is 27.8. The Hall–Kier alpha value is -1.84. The zero-order chi connectivity index (χ0) is 15.4. The van der Waals surface area contributed by atoms with E-state index in [9.17, 15) is 9.59 Å². The summed E-state index contributed by atoms with van der Waals surface area (Å²) >= 11 is 0. The van der Waals surface area contributed by atoms with Crippen LogP contribution in [0.2, 0.25) is 0 Å². The molecule has 4 nitrogen and oxygen atoms in total. The number of hydrogen-bond acceptors (Lipinski definition) is 2. The zero-order valence-corrected chi connectivity index (χ0v) is 13.1. The van der Waals surface area contributed by atoms with Crippen LogP contribution in [0.4, 0.5) is 0 Å². The van der Waals surface area contributed by atoms with Gasteiger partial charge in [-0.3, -0.25) is 9.59 Å². The van der Waals surface area contributed by atoms with E-state index >= 15 is 0 Å². The van der Waals surface area contributed by atoms with Crippen LogP contribution in [0, 0.1) is 12.8 Å². The van der Waals surface area contributed by atoms with E-state index < -0.39 is 0 Å². The standard InChI is InChI=1S/C17H24N2O2/c1-13-6-4-5-7-15(13)12-16(20)19-10-8-14(9-11-19)17(21)18(2)3/h4-7,14H,8-12H2,1-3H3. The first-order valence-electron chi connectivity index (χ1n) is 7.52. The van der Waals surface area contributed by atoms with Crippen molar-refractivity contribution in [3.8, 4) is 0 Å². The highest BCUT2D eigenvalue weighted by Crippen LogP contribution is 2.20. The zero-order valence-electron chi connectivity index (χ0n) is 13.1. The second-order valence-electron chi connectivity index (χ2n) is 5.99. The Labute approximate surface area is 126 Å². The number of carbonyl (C=O) groups is 2. The molecule has 1 fully saturated rings. The van der Waals surface area contributed by atoms with E-state index in [1.807, 2.05) is 36.1 Å². The lowest BCUT2D eigenvalue weighted by Crippen LogP contribution is -2.43. The molecule has 1 aliphatic rings. The van der Waals surface area contributed by atoms with E-state index in [1.54, 1.807) is 19.0 Å². The number of hydrogen-bond donors (Lipinski definition) is 0. The molecule has 0 spiro atoms. The average Bonchev–Trinajstić information content (AvgIpc) is 2.49. The van der Waals surface area contributed by atoms with Gasteiger partial charge in [-0.25, -0.2) is 0 Å². The minimum atomic E-state index is 0.0718. The molecule has 0 N–H and O–H groups in total. The van der Waals surface area contributed by atoms with Crippen molar-refractivity contribution in [1.29, 1.82) is 0 Å². The lowest BCUT2D eigenvalue weighted by Gasteiger charge is -2.32. The van der Waals surface area contributed by atoms with E-state index in [4.69, 9.17) is 0 Å². The van der Waals surface area contributed by atoms with Gasteiger partial charge in [0.2, 0.25) is 11.8 Å². The summed E-state index contributed by atoms with van der Waals surface area (Å²) < 4.78 is 0. The molecular formula is C17H24N2O2. The second-order valence-corrected chi connectivity index (χ2v) is 5.99. The number of carbonyl (C=O) groups excluding carboxylic acids is 2. The summed E-state index contributed by atoms with van der Waals surface area (Å²) in [6, 6.07) is 8.00. The van der Waals surface area contributed by atoms with Crippen LogP contribution in [0.25, 0.3) is 0 Å². The highest BCUT2D eigenvalue weighted by molar-refractivity contribution is 5.81. The molecule has 1 aliphatic heterocycles. The van der Waals surface area contributed by atoms with Crippen LogP contribution in [0.5, 0.6) is 0 Å². The van der Waals surface area contributed by atoms with Crippen molar-refractivity contribution in [2.45, 2.75) is 26.2 Å². The van der Waals surface area contributed by atoms with Crippen LogP contribution in [-0.4, -0.2) is 48.8 Å². The minimum absolute atomic E-state index is 0.0718. The highest BCUT2D eigenvalue weighted by atomic mass is 16.2. The summed E-state index contributed by atoms with van der Waals surface area (Å²) in [6.07, 6.45) is 2.01. The van der Waals surface area contributed by atoms with Gasteiger partial charge in [-0.05, 0) is 30.9 Å². The first-order valence-corrected chi connectivity index (χ1v) is 7.52. The van der Waals surface area contributed by atoms with Gasteiger partial charge in [0.05, 0.1) is 6.42 Å². The molecule has 1 aromatic rings. The number of rotatable bonds is 3. The van der Waals surface area contributed by atoms with Crippen LogP contribution in [0.3, 0.4) is 0 Å². The van der Waals surface area contributed by atoms with Crippen LogP contribution in [-0.2, 0) is 16.0 Å². The molecule has 2 rings (SSSR count). The number of amides is 2. The van der Waals surface area contributed by atoms with Gasteiger partial charge in [0.25, 0.3) is 0 Å². The molecule has 0 aliphatic carbocycles. The van der Waals surface area contributed by atoms with E-state index in [0.717, 1.165) is 24.0 Å². The van der Waals surface area contributed by atoms with Crippen LogP contribution in [0.1, 0.15) is 24.0 Å². The summed E-state index contributed by atoms with van der Waals surface area (Å²) in [7, 11) is 3.58. The third-order valence-corrected chi connectivity index (χ3v) is 4.24. The summed E-state index contributed by atoms with van der Waals surface area (Å²) in [5.74, 6) is 0.420. The third-order valence-electron chi connectivity index (χ3n) is 4.24. The summed E-state index contributed by atoms with van der Waals surface area (Å²) in [6.45, 7) is 3.41. The van der Waals surface area contributed by atoms with Gasteiger partial charge in [0, 0.05) is 33.1 Å². The molecule has 1 heterocycles.